The van der Waals surface area contributed by atoms with Crippen molar-refractivity contribution in [3.05, 3.63) is 78.6 Å². The molecule has 0 radical (unpaired) electrons. The van der Waals surface area contributed by atoms with E-state index in [0.717, 1.165) is 28.0 Å². The molecule has 1 saturated carbocycles. The number of rotatable bonds is 6. The van der Waals surface area contributed by atoms with Gasteiger partial charge >= 0.3 is 0 Å². The van der Waals surface area contributed by atoms with Gasteiger partial charge in [0.15, 0.2) is 5.82 Å². The third-order valence-corrected chi connectivity index (χ3v) is 5.40. The largest absolute Gasteiger partial charge is 0.497 e. The number of pyridine rings is 1. The fourth-order valence-corrected chi connectivity index (χ4v) is 3.68. The van der Waals surface area contributed by atoms with Gasteiger partial charge in [-0.1, -0.05) is 24.3 Å². The summed E-state index contributed by atoms with van der Waals surface area (Å²) in [6, 6.07) is 20.6. The molecule has 1 aliphatic carbocycles. The van der Waals surface area contributed by atoms with Gasteiger partial charge in [0.2, 0.25) is 0 Å². The molecular formula is C24H22N4O. The number of ether oxygens (including phenoxy) is 1. The summed E-state index contributed by atoms with van der Waals surface area (Å²) in [7, 11) is 1.69. The predicted octanol–water partition coefficient (Wildman–Crippen LogP) is 5.26. The second-order valence-electron chi connectivity index (χ2n) is 7.38. The fourth-order valence-electron chi connectivity index (χ4n) is 3.68. The Morgan fingerprint density at radius 2 is 1.69 bits per heavy atom. The molecule has 144 valence electrons. The third-order valence-electron chi connectivity index (χ3n) is 5.40. The van der Waals surface area contributed by atoms with Crippen molar-refractivity contribution in [1.29, 1.82) is 0 Å². The molecule has 1 fully saturated rings. The molecule has 0 amide bonds. The Labute approximate surface area is 169 Å². The quantitative estimate of drug-likeness (QED) is 0.493. The van der Waals surface area contributed by atoms with Crippen molar-refractivity contribution < 1.29 is 4.74 Å². The highest BCUT2D eigenvalue weighted by Crippen LogP contribution is 2.43. The lowest BCUT2D eigenvalue weighted by Crippen LogP contribution is -2.14. The molecule has 0 aliphatic heterocycles. The van der Waals surface area contributed by atoms with E-state index in [-0.39, 0.29) is 6.04 Å². The molecule has 0 spiro atoms. The van der Waals surface area contributed by atoms with Gasteiger partial charge < -0.3 is 10.1 Å². The van der Waals surface area contributed by atoms with Crippen LogP contribution in [0.5, 0.6) is 5.75 Å². The Kier molecular flexibility index (Phi) is 4.56. The molecule has 1 aliphatic rings. The Morgan fingerprint density at radius 1 is 0.931 bits per heavy atom. The number of hydrogen-bond donors (Lipinski definition) is 1. The van der Waals surface area contributed by atoms with Gasteiger partial charge in [-0.05, 0) is 60.7 Å². The summed E-state index contributed by atoms with van der Waals surface area (Å²) in [5.41, 5.74) is 3.14. The second kappa shape index (κ2) is 7.51. The van der Waals surface area contributed by atoms with E-state index in [1.807, 2.05) is 42.5 Å². The molecule has 29 heavy (non-hydrogen) atoms. The van der Waals surface area contributed by atoms with E-state index in [1.165, 1.54) is 18.4 Å². The van der Waals surface area contributed by atoms with Crippen molar-refractivity contribution in [2.45, 2.75) is 18.9 Å². The topological polar surface area (TPSA) is 59.9 Å². The Balaban J connectivity index is 1.57. The number of nitrogens with zero attached hydrogens (tertiary/aromatic N) is 3. The first-order chi connectivity index (χ1) is 14.3. The number of aromatic nitrogens is 3. The molecule has 2 heterocycles. The highest BCUT2D eigenvalue weighted by Gasteiger charge is 2.33. The van der Waals surface area contributed by atoms with Gasteiger partial charge in [0.1, 0.15) is 11.6 Å². The van der Waals surface area contributed by atoms with E-state index in [4.69, 9.17) is 14.7 Å². The first-order valence-electron chi connectivity index (χ1n) is 9.89. The number of nitrogens with one attached hydrogen (secondary N) is 1. The summed E-state index contributed by atoms with van der Waals surface area (Å²) in [6.45, 7) is 0. The van der Waals surface area contributed by atoms with Crippen LogP contribution in [-0.4, -0.2) is 22.1 Å². The Bertz CT molecular complexity index is 1120. The summed E-state index contributed by atoms with van der Waals surface area (Å²) < 4.78 is 5.32. The minimum absolute atomic E-state index is 0.213. The molecule has 1 N–H and O–H groups in total. The van der Waals surface area contributed by atoms with Crippen molar-refractivity contribution in [1.82, 2.24) is 15.0 Å². The first-order valence-corrected chi connectivity index (χ1v) is 9.89. The molecule has 0 bridgehead atoms. The number of methoxy groups -OCH3 is 1. The van der Waals surface area contributed by atoms with Crippen molar-refractivity contribution in [2.24, 2.45) is 5.92 Å². The zero-order valence-corrected chi connectivity index (χ0v) is 16.2. The van der Waals surface area contributed by atoms with E-state index in [2.05, 4.69) is 28.5 Å². The zero-order valence-electron chi connectivity index (χ0n) is 16.2. The van der Waals surface area contributed by atoms with E-state index in [0.29, 0.717) is 11.7 Å². The van der Waals surface area contributed by atoms with Crippen LogP contribution in [-0.2, 0) is 0 Å². The van der Waals surface area contributed by atoms with Crippen LogP contribution in [0, 0.1) is 5.92 Å². The van der Waals surface area contributed by atoms with Gasteiger partial charge in [-0.15, -0.1) is 0 Å². The van der Waals surface area contributed by atoms with Crippen molar-refractivity contribution in [2.75, 3.05) is 12.4 Å². The third kappa shape index (κ3) is 3.63. The van der Waals surface area contributed by atoms with E-state index in [1.54, 1.807) is 19.5 Å². The highest BCUT2D eigenvalue weighted by molar-refractivity contribution is 5.90. The Morgan fingerprint density at radius 3 is 2.41 bits per heavy atom. The molecule has 1 atom stereocenters. The molecule has 4 aromatic rings. The van der Waals surface area contributed by atoms with Crippen molar-refractivity contribution in [3.8, 4) is 17.1 Å². The monoisotopic (exact) mass is 382 g/mol. The normalized spacial score (nSPS) is 14.5. The van der Waals surface area contributed by atoms with Gasteiger partial charge in [0.05, 0.1) is 18.7 Å². The average molecular weight is 382 g/mol. The molecule has 5 rings (SSSR count). The maximum absolute atomic E-state index is 5.32. The predicted molar refractivity (Wildman–Crippen MR) is 115 cm³/mol. The van der Waals surface area contributed by atoms with Crippen LogP contribution in [0.15, 0.2) is 73.1 Å². The Hall–Kier alpha value is -3.47. The summed E-state index contributed by atoms with van der Waals surface area (Å²) in [5.74, 6) is 3.06. The van der Waals surface area contributed by atoms with Crippen molar-refractivity contribution in [3.63, 3.8) is 0 Å². The average Bonchev–Trinajstić information content (AvgIpc) is 3.63. The molecule has 2 aromatic heterocycles. The van der Waals surface area contributed by atoms with Gasteiger partial charge in [0.25, 0.3) is 0 Å². The fraction of sp³-hybridized carbons (Fsp3) is 0.208. The van der Waals surface area contributed by atoms with E-state index >= 15 is 0 Å². The number of anilines is 1. The number of benzene rings is 2. The van der Waals surface area contributed by atoms with Crippen LogP contribution >= 0.6 is 0 Å². The van der Waals surface area contributed by atoms with Crippen LogP contribution < -0.4 is 10.1 Å². The number of para-hydroxylation sites is 1. The molecule has 2 aromatic carbocycles. The minimum atomic E-state index is 0.213. The molecular weight excluding hydrogens is 360 g/mol. The molecule has 5 nitrogen and oxygen atoms in total. The van der Waals surface area contributed by atoms with Crippen LogP contribution in [0.1, 0.15) is 24.4 Å². The lowest BCUT2D eigenvalue weighted by Gasteiger charge is -2.21. The summed E-state index contributed by atoms with van der Waals surface area (Å²) in [5, 5.41) is 4.77. The summed E-state index contributed by atoms with van der Waals surface area (Å²) in [4.78, 5) is 13.8. The lowest BCUT2D eigenvalue weighted by atomic mass is 10.0. The van der Waals surface area contributed by atoms with E-state index in [9.17, 15) is 0 Å². The lowest BCUT2D eigenvalue weighted by molar-refractivity contribution is 0.414. The summed E-state index contributed by atoms with van der Waals surface area (Å²) >= 11 is 0. The van der Waals surface area contributed by atoms with Gasteiger partial charge in [0, 0.05) is 23.3 Å². The molecule has 1 unspecified atom stereocenters. The highest BCUT2D eigenvalue weighted by atomic mass is 16.5. The maximum Gasteiger partial charge on any atom is 0.162 e. The molecule has 5 heteroatoms. The standard InChI is InChI=1S/C24H22N4O/c1-29-19-10-8-17(9-11-19)22(16-6-7-16)27-24-20-4-2-3-5-21(20)26-23(28-24)18-12-14-25-15-13-18/h2-5,8-16,22H,6-7H2,1H3,(H,26,27,28). The van der Waals surface area contributed by atoms with Crippen LogP contribution in [0.25, 0.3) is 22.3 Å². The minimum Gasteiger partial charge on any atom is -0.497 e. The maximum atomic E-state index is 5.32. The summed E-state index contributed by atoms with van der Waals surface area (Å²) in [6.07, 6.45) is 5.99. The first kappa shape index (κ1) is 17.6. The smallest absolute Gasteiger partial charge is 0.162 e. The van der Waals surface area contributed by atoms with Gasteiger partial charge in [-0.25, -0.2) is 9.97 Å². The van der Waals surface area contributed by atoms with Crippen LogP contribution in [0.3, 0.4) is 0 Å². The zero-order chi connectivity index (χ0) is 19.6. The van der Waals surface area contributed by atoms with Gasteiger partial charge in [-0.3, -0.25) is 4.98 Å². The van der Waals surface area contributed by atoms with Gasteiger partial charge in [-0.2, -0.15) is 0 Å². The second-order valence-corrected chi connectivity index (χ2v) is 7.38. The molecule has 0 saturated heterocycles. The van der Waals surface area contributed by atoms with E-state index < -0.39 is 0 Å². The number of hydrogen-bond acceptors (Lipinski definition) is 5. The van der Waals surface area contributed by atoms with Crippen LogP contribution in [0.2, 0.25) is 0 Å². The SMILES string of the molecule is COc1ccc(C(Nc2nc(-c3ccncc3)nc3ccccc23)C2CC2)cc1. The van der Waals surface area contributed by atoms with Crippen LogP contribution in [0.4, 0.5) is 5.82 Å². The number of fused-ring (bicyclic) bond motifs is 1. The van der Waals surface area contributed by atoms with Crippen molar-refractivity contribution >= 4 is 16.7 Å².